The van der Waals surface area contributed by atoms with Crippen LogP contribution in [0.5, 0.6) is 0 Å². The summed E-state index contributed by atoms with van der Waals surface area (Å²) in [4.78, 5) is 12.0. The topological polar surface area (TPSA) is 67.2 Å². The lowest BCUT2D eigenvalue weighted by atomic mass is 10.1. The van der Waals surface area contributed by atoms with Crippen LogP contribution in [0.25, 0.3) is 0 Å². The summed E-state index contributed by atoms with van der Waals surface area (Å²) in [7, 11) is 0. The fraction of sp³-hybridized carbons (Fsp3) is 0.667. The highest BCUT2D eigenvalue weighted by molar-refractivity contribution is 5.96. The van der Waals surface area contributed by atoms with E-state index in [2.05, 4.69) is 15.8 Å². The van der Waals surface area contributed by atoms with Crippen LogP contribution in [0.15, 0.2) is 4.52 Å². The Morgan fingerprint density at radius 2 is 2.35 bits per heavy atom. The molecule has 17 heavy (non-hydrogen) atoms. The van der Waals surface area contributed by atoms with E-state index in [0.717, 1.165) is 12.0 Å². The maximum atomic E-state index is 12.0. The first-order valence-electron chi connectivity index (χ1n) is 6.12. The lowest BCUT2D eigenvalue weighted by molar-refractivity contribution is 0.0947. The molecule has 2 heterocycles. The molecule has 92 valence electrons. The Hall–Kier alpha value is -1.36. The van der Waals surface area contributed by atoms with Crippen LogP contribution in [-0.4, -0.2) is 29.7 Å². The van der Waals surface area contributed by atoms with E-state index in [1.54, 1.807) is 13.8 Å². The van der Waals surface area contributed by atoms with E-state index in [1.165, 1.54) is 12.8 Å². The van der Waals surface area contributed by atoms with Gasteiger partial charge < -0.3 is 15.2 Å². The minimum Gasteiger partial charge on any atom is -0.361 e. The highest BCUT2D eigenvalue weighted by Gasteiger charge is 2.45. The normalized spacial score (nSPS) is 30.1. The Bertz CT molecular complexity index is 425. The van der Waals surface area contributed by atoms with Crippen LogP contribution in [0.1, 0.15) is 34.7 Å². The van der Waals surface area contributed by atoms with Crippen molar-refractivity contribution in [3.8, 4) is 0 Å². The third-order valence-electron chi connectivity index (χ3n) is 3.73. The number of fused-ring (bicyclic) bond motifs is 1. The van der Waals surface area contributed by atoms with Gasteiger partial charge in [-0.05, 0) is 32.6 Å². The van der Waals surface area contributed by atoms with Crippen molar-refractivity contribution >= 4 is 5.91 Å². The SMILES string of the molecule is Cc1noc(C)c1C(=O)NC[C@@H]1C[C@@H]2C[C@@H]2N1. The monoisotopic (exact) mass is 235 g/mol. The van der Waals surface area contributed by atoms with Gasteiger partial charge >= 0.3 is 0 Å². The number of hydrogen-bond acceptors (Lipinski definition) is 4. The Balaban J connectivity index is 1.56. The summed E-state index contributed by atoms with van der Waals surface area (Å²) in [6.45, 7) is 4.24. The van der Waals surface area contributed by atoms with Crippen LogP contribution in [0.4, 0.5) is 0 Å². The Morgan fingerprint density at radius 3 is 2.94 bits per heavy atom. The molecule has 0 unspecified atom stereocenters. The molecular formula is C12H17N3O2. The second kappa shape index (κ2) is 3.84. The van der Waals surface area contributed by atoms with Gasteiger partial charge in [-0.3, -0.25) is 4.79 Å². The largest absolute Gasteiger partial charge is 0.361 e. The quantitative estimate of drug-likeness (QED) is 0.812. The first-order valence-corrected chi connectivity index (χ1v) is 6.12. The second-order valence-corrected chi connectivity index (χ2v) is 5.11. The summed E-state index contributed by atoms with van der Waals surface area (Å²) in [5, 5.41) is 10.2. The van der Waals surface area contributed by atoms with Gasteiger partial charge in [0, 0.05) is 18.6 Å². The summed E-state index contributed by atoms with van der Waals surface area (Å²) in [6, 6.07) is 1.15. The first-order chi connectivity index (χ1) is 8.15. The van der Waals surface area contributed by atoms with Crippen molar-refractivity contribution in [2.75, 3.05) is 6.54 Å². The van der Waals surface area contributed by atoms with Gasteiger partial charge in [0.15, 0.2) is 0 Å². The molecule has 1 aliphatic carbocycles. The molecule has 2 N–H and O–H groups in total. The van der Waals surface area contributed by atoms with E-state index >= 15 is 0 Å². The zero-order valence-electron chi connectivity index (χ0n) is 10.1. The highest BCUT2D eigenvalue weighted by Crippen LogP contribution is 2.40. The Kier molecular flexibility index (Phi) is 2.43. The van der Waals surface area contributed by atoms with Crippen LogP contribution >= 0.6 is 0 Å². The fourth-order valence-corrected chi connectivity index (χ4v) is 2.70. The van der Waals surface area contributed by atoms with Crippen LogP contribution < -0.4 is 10.6 Å². The summed E-state index contributed by atoms with van der Waals surface area (Å²) in [6.07, 6.45) is 2.50. The Morgan fingerprint density at radius 1 is 1.53 bits per heavy atom. The number of aromatic nitrogens is 1. The number of nitrogens with one attached hydrogen (secondary N) is 2. The molecule has 0 radical (unpaired) electrons. The fourth-order valence-electron chi connectivity index (χ4n) is 2.70. The summed E-state index contributed by atoms with van der Waals surface area (Å²) < 4.78 is 4.99. The van der Waals surface area contributed by atoms with E-state index in [9.17, 15) is 4.79 Å². The molecular weight excluding hydrogens is 218 g/mol. The number of carbonyl (C=O) groups is 1. The molecule has 1 aromatic rings. The number of aryl methyl sites for hydroxylation is 2. The molecule has 2 aliphatic rings. The minimum absolute atomic E-state index is 0.0800. The summed E-state index contributed by atoms with van der Waals surface area (Å²) in [5.74, 6) is 1.36. The number of carbonyl (C=O) groups excluding carboxylic acids is 1. The maximum Gasteiger partial charge on any atom is 0.256 e. The third-order valence-corrected chi connectivity index (χ3v) is 3.73. The first kappa shape index (κ1) is 10.8. The predicted octanol–water partition coefficient (Wildman–Crippen LogP) is 0.772. The average molecular weight is 235 g/mol. The molecule has 0 bridgehead atoms. The Labute approximate surface area is 99.9 Å². The molecule has 3 rings (SSSR count). The molecule has 2 fully saturated rings. The van der Waals surface area contributed by atoms with E-state index in [1.807, 2.05) is 0 Å². The lowest BCUT2D eigenvalue weighted by Gasteiger charge is -2.13. The lowest BCUT2D eigenvalue weighted by Crippen LogP contribution is -2.39. The smallest absolute Gasteiger partial charge is 0.256 e. The van der Waals surface area contributed by atoms with Gasteiger partial charge in [-0.15, -0.1) is 0 Å². The van der Waals surface area contributed by atoms with Crippen molar-refractivity contribution in [2.45, 2.75) is 38.8 Å². The maximum absolute atomic E-state index is 12.0. The van der Waals surface area contributed by atoms with Gasteiger partial charge in [0.05, 0.1) is 5.69 Å². The van der Waals surface area contributed by atoms with Crippen molar-refractivity contribution in [3.63, 3.8) is 0 Å². The van der Waals surface area contributed by atoms with E-state index in [-0.39, 0.29) is 5.91 Å². The third kappa shape index (κ3) is 1.95. The van der Waals surface area contributed by atoms with Gasteiger partial charge in [-0.2, -0.15) is 0 Å². The molecule has 1 aromatic heterocycles. The van der Waals surface area contributed by atoms with Gasteiger partial charge in [-0.1, -0.05) is 5.16 Å². The molecule has 0 aromatic carbocycles. The summed E-state index contributed by atoms with van der Waals surface area (Å²) in [5.41, 5.74) is 1.23. The van der Waals surface area contributed by atoms with Crippen LogP contribution in [0.2, 0.25) is 0 Å². The number of piperidine rings is 1. The second-order valence-electron chi connectivity index (χ2n) is 5.11. The number of nitrogens with zero attached hydrogens (tertiary/aromatic N) is 1. The van der Waals surface area contributed by atoms with Crippen molar-refractivity contribution in [2.24, 2.45) is 5.92 Å². The van der Waals surface area contributed by atoms with Crippen molar-refractivity contribution in [1.29, 1.82) is 0 Å². The summed E-state index contributed by atoms with van der Waals surface area (Å²) >= 11 is 0. The van der Waals surface area contributed by atoms with Crippen LogP contribution in [0.3, 0.4) is 0 Å². The molecule has 1 saturated carbocycles. The molecule has 1 saturated heterocycles. The van der Waals surface area contributed by atoms with E-state index < -0.39 is 0 Å². The van der Waals surface area contributed by atoms with Crippen molar-refractivity contribution in [3.05, 3.63) is 17.0 Å². The molecule has 3 atom stereocenters. The number of hydrogen-bond donors (Lipinski definition) is 2. The predicted molar refractivity (Wildman–Crippen MR) is 61.7 cm³/mol. The van der Waals surface area contributed by atoms with E-state index in [0.29, 0.717) is 29.6 Å². The van der Waals surface area contributed by atoms with Crippen molar-refractivity contribution < 1.29 is 9.32 Å². The zero-order valence-corrected chi connectivity index (χ0v) is 10.1. The number of rotatable bonds is 3. The molecule has 1 aliphatic heterocycles. The van der Waals surface area contributed by atoms with Crippen molar-refractivity contribution in [1.82, 2.24) is 15.8 Å². The van der Waals surface area contributed by atoms with Gasteiger partial charge in [0.25, 0.3) is 5.91 Å². The molecule has 1 amide bonds. The molecule has 0 spiro atoms. The van der Waals surface area contributed by atoms with Gasteiger partial charge in [0.1, 0.15) is 11.3 Å². The molecule has 5 nitrogen and oxygen atoms in total. The standard InChI is InChI=1S/C12H17N3O2/c1-6-11(7(2)17-15-6)12(16)13-5-9-3-8-4-10(8)14-9/h8-10,14H,3-5H2,1-2H3,(H,13,16)/t8-,9+,10+/m1/s1. The zero-order chi connectivity index (χ0) is 12.0. The van der Waals surface area contributed by atoms with Gasteiger partial charge in [0.2, 0.25) is 0 Å². The van der Waals surface area contributed by atoms with Crippen LogP contribution in [-0.2, 0) is 0 Å². The molecule has 5 heteroatoms. The van der Waals surface area contributed by atoms with Gasteiger partial charge in [-0.25, -0.2) is 0 Å². The van der Waals surface area contributed by atoms with E-state index in [4.69, 9.17) is 4.52 Å². The number of amides is 1. The highest BCUT2D eigenvalue weighted by atomic mass is 16.5. The average Bonchev–Trinajstić information content (AvgIpc) is 2.75. The minimum atomic E-state index is -0.0800. The van der Waals surface area contributed by atoms with Crippen LogP contribution in [0, 0.1) is 19.8 Å².